The summed E-state index contributed by atoms with van der Waals surface area (Å²) in [5.74, 6) is -0.866. The SMILES string of the molecule is CCN(CC(C)(C)CN)c1ccc(C(F)(F)F)cc1F. The van der Waals surface area contributed by atoms with Crippen LogP contribution in [-0.4, -0.2) is 19.6 Å². The lowest BCUT2D eigenvalue weighted by Gasteiger charge is -2.33. The van der Waals surface area contributed by atoms with Crippen molar-refractivity contribution in [2.24, 2.45) is 11.1 Å². The van der Waals surface area contributed by atoms with Gasteiger partial charge in [-0.3, -0.25) is 0 Å². The molecule has 0 spiro atoms. The van der Waals surface area contributed by atoms with Crippen molar-refractivity contribution in [1.82, 2.24) is 0 Å². The zero-order valence-corrected chi connectivity index (χ0v) is 11.9. The molecule has 2 N–H and O–H groups in total. The van der Waals surface area contributed by atoms with Crippen LogP contribution in [0.15, 0.2) is 18.2 Å². The molecule has 0 aliphatic rings. The number of nitrogens with two attached hydrogens (primary N) is 1. The predicted octanol–water partition coefficient (Wildman–Crippen LogP) is 3.66. The van der Waals surface area contributed by atoms with E-state index in [1.807, 2.05) is 20.8 Å². The number of nitrogens with zero attached hydrogens (tertiary/aromatic N) is 1. The standard InChI is InChI=1S/C14H20F4N2/c1-4-20(9-13(2,3)8-19)12-6-5-10(7-11(12)15)14(16,17)18/h5-7H,4,8-9,19H2,1-3H3. The van der Waals surface area contributed by atoms with E-state index in [9.17, 15) is 17.6 Å². The van der Waals surface area contributed by atoms with Crippen LogP contribution in [0.3, 0.4) is 0 Å². The summed E-state index contributed by atoms with van der Waals surface area (Å²) in [6.07, 6.45) is -4.53. The van der Waals surface area contributed by atoms with E-state index in [2.05, 4.69) is 0 Å². The van der Waals surface area contributed by atoms with Crippen LogP contribution in [0.2, 0.25) is 0 Å². The highest BCUT2D eigenvalue weighted by Gasteiger charge is 2.32. The van der Waals surface area contributed by atoms with Crippen LogP contribution in [0.1, 0.15) is 26.3 Å². The smallest absolute Gasteiger partial charge is 0.369 e. The van der Waals surface area contributed by atoms with Crippen LogP contribution in [0.4, 0.5) is 23.2 Å². The van der Waals surface area contributed by atoms with Gasteiger partial charge >= 0.3 is 6.18 Å². The lowest BCUT2D eigenvalue weighted by molar-refractivity contribution is -0.137. The average molecular weight is 292 g/mol. The summed E-state index contributed by atoms with van der Waals surface area (Å²) >= 11 is 0. The van der Waals surface area contributed by atoms with Crippen LogP contribution >= 0.6 is 0 Å². The van der Waals surface area contributed by atoms with Crippen molar-refractivity contribution < 1.29 is 17.6 Å². The monoisotopic (exact) mass is 292 g/mol. The zero-order chi connectivity index (χ0) is 15.6. The molecule has 1 aromatic rings. The summed E-state index contributed by atoms with van der Waals surface area (Å²) < 4.78 is 51.5. The number of hydrogen-bond donors (Lipinski definition) is 1. The molecule has 0 unspecified atom stereocenters. The van der Waals surface area contributed by atoms with E-state index >= 15 is 0 Å². The zero-order valence-electron chi connectivity index (χ0n) is 11.9. The molecule has 0 heterocycles. The van der Waals surface area contributed by atoms with Crippen LogP contribution in [0, 0.1) is 11.2 Å². The lowest BCUT2D eigenvalue weighted by atomic mass is 9.93. The second-order valence-electron chi connectivity index (χ2n) is 5.55. The minimum absolute atomic E-state index is 0.169. The van der Waals surface area contributed by atoms with Gasteiger partial charge in [0, 0.05) is 13.1 Å². The summed E-state index contributed by atoms with van der Waals surface area (Å²) in [6.45, 7) is 7.05. The summed E-state index contributed by atoms with van der Waals surface area (Å²) in [6, 6.07) is 2.61. The van der Waals surface area contributed by atoms with E-state index in [0.717, 1.165) is 6.07 Å². The maximum Gasteiger partial charge on any atom is 0.416 e. The molecular formula is C14H20F4N2. The van der Waals surface area contributed by atoms with Gasteiger partial charge in [0.15, 0.2) is 0 Å². The molecule has 0 bridgehead atoms. The van der Waals surface area contributed by atoms with Crippen molar-refractivity contribution in [1.29, 1.82) is 0 Å². The Labute approximate surface area is 116 Å². The summed E-state index contributed by atoms with van der Waals surface area (Å²) in [7, 11) is 0. The van der Waals surface area contributed by atoms with Gasteiger partial charge < -0.3 is 10.6 Å². The molecule has 0 atom stereocenters. The summed E-state index contributed by atoms with van der Waals surface area (Å²) in [4.78, 5) is 1.70. The van der Waals surface area contributed by atoms with Gasteiger partial charge in [-0.05, 0) is 37.1 Å². The Balaban J connectivity index is 3.06. The molecule has 20 heavy (non-hydrogen) atoms. The molecular weight excluding hydrogens is 272 g/mol. The molecule has 6 heteroatoms. The number of benzene rings is 1. The number of anilines is 1. The fourth-order valence-corrected chi connectivity index (χ4v) is 1.89. The Kier molecular flexibility index (Phi) is 5.02. The van der Waals surface area contributed by atoms with Crippen molar-refractivity contribution in [2.75, 3.05) is 24.5 Å². The fraction of sp³-hybridized carbons (Fsp3) is 0.571. The third-order valence-corrected chi connectivity index (χ3v) is 3.17. The Morgan fingerprint density at radius 2 is 1.80 bits per heavy atom. The Morgan fingerprint density at radius 3 is 2.20 bits per heavy atom. The van der Waals surface area contributed by atoms with E-state index in [-0.39, 0.29) is 11.1 Å². The first kappa shape index (κ1) is 16.8. The Bertz CT molecular complexity index is 455. The minimum Gasteiger partial charge on any atom is -0.369 e. The summed E-state index contributed by atoms with van der Waals surface area (Å²) in [5, 5.41) is 0. The van der Waals surface area contributed by atoms with E-state index in [1.165, 1.54) is 6.07 Å². The quantitative estimate of drug-likeness (QED) is 0.839. The first-order valence-corrected chi connectivity index (χ1v) is 6.42. The van der Waals surface area contributed by atoms with Gasteiger partial charge in [-0.1, -0.05) is 13.8 Å². The van der Waals surface area contributed by atoms with Gasteiger partial charge in [0.2, 0.25) is 0 Å². The molecule has 0 aromatic heterocycles. The third-order valence-electron chi connectivity index (χ3n) is 3.17. The van der Waals surface area contributed by atoms with Crippen molar-refractivity contribution in [3.63, 3.8) is 0 Å². The van der Waals surface area contributed by atoms with Gasteiger partial charge in [0.05, 0.1) is 11.3 Å². The second-order valence-corrected chi connectivity index (χ2v) is 5.55. The second kappa shape index (κ2) is 5.99. The highest BCUT2D eigenvalue weighted by atomic mass is 19.4. The number of halogens is 4. The third kappa shape index (κ3) is 4.10. The molecule has 0 fully saturated rings. The van der Waals surface area contributed by atoms with Crippen molar-refractivity contribution in [2.45, 2.75) is 26.9 Å². The Morgan fingerprint density at radius 1 is 1.20 bits per heavy atom. The van der Waals surface area contributed by atoms with Crippen molar-refractivity contribution >= 4 is 5.69 Å². The molecule has 0 aliphatic heterocycles. The van der Waals surface area contributed by atoms with Gasteiger partial charge in [0.1, 0.15) is 5.82 Å². The first-order valence-electron chi connectivity index (χ1n) is 6.42. The average Bonchev–Trinajstić information content (AvgIpc) is 2.35. The fourth-order valence-electron chi connectivity index (χ4n) is 1.89. The molecule has 1 aromatic carbocycles. The molecule has 0 saturated heterocycles. The molecule has 1 rings (SSSR count). The maximum absolute atomic E-state index is 13.9. The van der Waals surface area contributed by atoms with Gasteiger partial charge in [-0.15, -0.1) is 0 Å². The van der Waals surface area contributed by atoms with Crippen LogP contribution in [0.5, 0.6) is 0 Å². The Hall–Kier alpha value is -1.30. The van der Waals surface area contributed by atoms with Crippen LogP contribution in [-0.2, 0) is 6.18 Å². The largest absolute Gasteiger partial charge is 0.416 e. The summed E-state index contributed by atoms with van der Waals surface area (Å²) in [5.41, 5.74) is 4.58. The number of hydrogen-bond acceptors (Lipinski definition) is 2. The predicted molar refractivity (Wildman–Crippen MR) is 72.1 cm³/mol. The highest BCUT2D eigenvalue weighted by molar-refractivity contribution is 5.49. The lowest BCUT2D eigenvalue weighted by Crippen LogP contribution is -2.39. The molecule has 0 amide bonds. The van der Waals surface area contributed by atoms with E-state index in [4.69, 9.17) is 5.73 Å². The van der Waals surface area contributed by atoms with E-state index < -0.39 is 17.6 Å². The normalized spacial score (nSPS) is 12.6. The van der Waals surface area contributed by atoms with E-state index in [1.54, 1.807) is 4.90 Å². The molecule has 0 aliphatic carbocycles. The van der Waals surface area contributed by atoms with Gasteiger partial charge in [0.25, 0.3) is 0 Å². The highest BCUT2D eigenvalue weighted by Crippen LogP contribution is 2.33. The van der Waals surface area contributed by atoms with Crippen molar-refractivity contribution in [3.8, 4) is 0 Å². The number of alkyl halides is 3. The van der Waals surface area contributed by atoms with Crippen molar-refractivity contribution in [3.05, 3.63) is 29.6 Å². The van der Waals surface area contributed by atoms with Crippen LogP contribution in [0.25, 0.3) is 0 Å². The first-order chi connectivity index (χ1) is 9.10. The van der Waals surface area contributed by atoms with Gasteiger partial charge in [-0.2, -0.15) is 13.2 Å². The molecule has 0 radical (unpaired) electrons. The number of rotatable bonds is 5. The maximum atomic E-state index is 13.9. The van der Waals surface area contributed by atoms with E-state index in [0.29, 0.717) is 25.7 Å². The van der Waals surface area contributed by atoms with Gasteiger partial charge in [-0.25, -0.2) is 4.39 Å². The minimum atomic E-state index is -4.53. The molecule has 2 nitrogen and oxygen atoms in total. The van der Waals surface area contributed by atoms with Crippen LogP contribution < -0.4 is 10.6 Å². The molecule has 0 saturated carbocycles. The topological polar surface area (TPSA) is 29.3 Å². The molecule has 114 valence electrons.